The van der Waals surface area contributed by atoms with Gasteiger partial charge < -0.3 is 19.3 Å². The first-order chi connectivity index (χ1) is 18.2. The van der Waals surface area contributed by atoms with Crippen LogP contribution in [0.3, 0.4) is 0 Å². The third kappa shape index (κ3) is 22.3. The van der Waals surface area contributed by atoms with E-state index in [1.54, 1.807) is 0 Å². The Labute approximate surface area is 229 Å². The second-order valence-corrected chi connectivity index (χ2v) is 11.1. The fraction of sp³-hybridized carbons (Fsp3) is 0.786. The van der Waals surface area contributed by atoms with Gasteiger partial charge in [-0.15, -0.1) is 6.58 Å². The zero-order valence-electron chi connectivity index (χ0n) is 23.2. The molecule has 0 fully saturated rings. The monoisotopic (exact) mass is 562 g/mol. The second-order valence-electron chi connectivity index (χ2n) is 9.48. The van der Waals surface area contributed by atoms with Crippen molar-refractivity contribution in [2.45, 2.75) is 115 Å². The Morgan fingerprint density at radius 1 is 0.842 bits per heavy atom. The minimum absolute atomic E-state index is 0.000436. The first kappa shape index (κ1) is 36.2. The van der Waals surface area contributed by atoms with Gasteiger partial charge in [0.05, 0.1) is 26.2 Å². The smallest absolute Gasteiger partial charge is 0.327 e. The van der Waals surface area contributed by atoms with Gasteiger partial charge in [0.1, 0.15) is 12.7 Å². The molecule has 0 amide bonds. The highest BCUT2D eigenvalue weighted by atomic mass is 32.2. The number of carbonyl (C=O) groups is 2. The number of unbranched alkanes of at least 4 members (excludes halogenated alkanes) is 12. The molecule has 2 atom stereocenters. The summed E-state index contributed by atoms with van der Waals surface area (Å²) >= 11 is 0. The molecule has 0 aliphatic heterocycles. The van der Waals surface area contributed by atoms with E-state index >= 15 is 0 Å². The minimum Gasteiger partial charge on any atom is -0.465 e. The quantitative estimate of drug-likeness (QED) is 0.0621. The second kappa shape index (κ2) is 24.3. The molecule has 0 aromatic carbocycles. The predicted molar refractivity (Wildman–Crippen MR) is 148 cm³/mol. The van der Waals surface area contributed by atoms with Crippen molar-refractivity contribution in [3.8, 4) is 0 Å². The molecular weight excluding hydrogens is 512 g/mol. The molecule has 0 saturated carbocycles. The Hall–Kier alpha value is -1.75. The molecule has 0 aromatic heterocycles. The topological polar surface area (TPSA) is 136 Å². The third-order valence-corrected chi connectivity index (χ3v) is 6.94. The molecule has 2 unspecified atom stereocenters. The van der Waals surface area contributed by atoms with E-state index in [9.17, 15) is 27.7 Å². The maximum absolute atomic E-state index is 12.1. The lowest BCUT2D eigenvalue weighted by atomic mass is 10.1. The average Bonchev–Trinajstić information content (AvgIpc) is 2.87. The van der Waals surface area contributed by atoms with Crippen LogP contribution in [0.1, 0.15) is 103 Å². The van der Waals surface area contributed by atoms with Crippen LogP contribution < -0.4 is 0 Å². The van der Waals surface area contributed by atoms with Crippen LogP contribution in [0.2, 0.25) is 0 Å². The van der Waals surface area contributed by atoms with Gasteiger partial charge in [-0.2, -0.15) is 8.42 Å². The molecule has 0 saturated heterocycles. The molecule has 2 N–H and O–H groups in total. The van der Waals surface area contributed by atoms with E-state index < -0.39 is 46.4 Å². The number of aliphatic hydroxyl groups is 1. The van der Waals surface area contributed by atoms with E-state index in [4.69, 9.17) is 14.2 Å². The molecule has 38 heavy (non-hydrogen) atoms. The van der Waals surface area contributed by atoms with Crippen molar-refractivity contribution < 1.29 is 41.9 Å². The normalized spacial score (nSPS) is 13.3. The molecule has 0 radical (unpaired) electrons. The van der Waals surface area contributed by atoms with E-state index in [-0.39, 0.29) is 19.8 Å². The van der Waals surface area contributed by atoms with Crippen molar-refractivity contribution in [2.24, 2.45) is 0 Å². The number of aliphatic hydroxyl groups excluding tert-OH is 1. The highest BCUT2D eigenvalue weighted by Gasteiger charge is 2.35. The van der Waals surface area contributed by atoms with Gasteiger partial charge in [-0.05, 0) is 32.1 Å². The Morgan fingerprint density at radius 3 is 1.95 bits per heavy atom. The summed E-state index contributed by atoms with van der Waals surface area (Å²) in [4.78, 5) is 24.0. The first-order valence-electron chi connectivity index (χ1n) is 14.0. The SMILES string of the molecule is C=CCOCC(O)COC(=O)CC(C(=O)OCCCCCCCC/C=C\CCCCCCCC)S(=O)(=O)O. The highest BCUT2D eigenvalue weighted by molar-refractivity contribution is 7.87. The molecule has 10 heteroatoms. The van der Waals surface area contributed by atoms with Gasteiger partial charge >= 0.3 is 11.9 Å². The van der Waals surface area contributed by atoms with Crippen molar-refractivity contribution in [1.82, 2.24) is 0 Å². The summed E-state index contributed by atoms with van der Waals surface area (Å²) in [6.45, 7) is 5.33. The van der Waals surface area contributed by atoms with E-state index in [1.165, 1.54) is 51.0 Å². The summed E-state index contributed by atoms with van der Waals surface area (Å²) in [5, 5.41) is 7.57. The molecule has 0 heterocycles. The molecule has 9 nitrogen and oxygen atoms in total. The summed E-state index contributed by atoms with van der Waals surface area (Å²) in [5.41, 5.74) is 0. The predicted octanol–water partition coefficient (Wildman–Crippen LogP) is 5.32. The number of hydrogen-bond acceptors (Lipinski definition) is 8. The van der Waals surface area contributed by atoms with Crippen LogP contribution in [-0.2, 0) is 33.9 Å². The molecule has 0 aliphatic carbocycles. The fourth-order valence-corrected chi connectivity index (χ4v) is 4.32. The lowest BCUT2D eigenvalue weighted by molar-refractivity contribution is -0.152. The first-order valence-corrected chi connectivity index (χ1v) is 15.5. The zero-order valence-corrected chi connectivity index (χ0v) is 24.0. The minimum atomic E-state index is -4.87. The summed E-state index contributed by atoms with van der Waals surface area (Å²) in [6, 6.07) is 0. The number of ether oxygens (including phenoxy) is 3. The van der Waals surface area contributed by atoms with Crippen molar-refractivity contribution in [3.63, 3.8) is 0 Å². The van der Waals surface area contributed by atoms with Gasteiger partial charge in [0.15, 0.2) is 5.25 Å². The van der Waals surface area contributed by atoms with E-state index in [1.807, 2.05) is 0 Å². The average molecular weight is 563 g/mol. The zero-order chi connectivity index (χ0) is 28.5. The summed E-state index contributed by atoms with van der Waals surface area (Å²) in [7, 11) is -4.87. The summed E-state index contributed by atoms with van der Waals surface area (Å²) < 4.78 is 47.2. The van der Waals surface area contributed by atoms with E-state index in [0.717, 1.165) is 38.5 Å². The van der Waals surface area contributed by atoms with Gasteiger partial charge in [-0.1, -0.05) is 82.9 Å². The largest absolute Gasteiger partial charge is 0.465 e. The van der Waals surface area contributed by atoms with Crippen molar-refractivity contribution in [3.05, 3.63) is 24.8 Å². The van der Waals surface area contributed by atoms with Gasteiger partial charge in [-0.25, -0.2) is 0 Å². The number of rotatable bonds is 26. The fourth-order valence-electron chi connectivity index (χ4n) is 3.66. The van der Waals surface area contributed by atoms with Gasteiger partial charge in [0.25, 0.3) is 10.1 Å². The van der Waals surface area contributed by atoms with Gasteiger partial charge in [-0.3, -0.25) is 14.1 Å². The molecule has 0 aliphatic rings. The van der Waals surface area contributed by atoms with E-state index in [0.29, 0.717) is 6.42 Å². The molecule has 0 aromatic rings. The van der Waals surface area contributed by atoms with Crippen LogP contribution in [0.5, 0.6) is 0 Å². The standard InChI is InChI=1S/C28H50O9S/c1-3-5-6-7-8-9-10-11-12-13-14-15-16-17-18-19-21-36-28(31)26(38(32,33)34)22-27(30)37-24-25(29)23-35-20-4-2/h4,11-12,25-26,29H,2-3,5-10,13-24H2,1H3,(H,32,33,34)/b12-11-. The van der Waals surface area contributed by atoms with Crippen LogP contribution in [0.15, 0.2) is 24.8 Å². The molecular formula is C28H50O9S. The molecule has 0 rings (SSSR count). The van der Waals surface area contributed by atoms with Crippen molar-refractivity contribution in [1.29, 1.82) is 0 Å². The van der Waals surface area contributed by atoms with Crippen LogP contribution in [0, 0.1) is 0 Å². The number of allylic oxidation sites excluding steroid dienone is 2. The Bertz CT molecular complexity index is 749. The summed E-state index contributed by atoms with van der Waals surface area (Å²) in [6.07, 6.45) is 19.9. The Morgan fingerprint density at radius 2 is 1.39 bits per heavy atom. The van der Waals surface area contributed by atoms with Gasteiger partial charge in [0, 0.05) is 0 Å². The third-order valence-electron chi connectivity index (χ3n) is 5.86. The lowest BCUT2D eigenvalue weighted by Gasteiger charge is -2.14. The van der Waals surface area contributed by atoms with Crippen LogP contribution in [0.4, 0.5) is 0 Å². The summed E-state index contributed by atoms with van der Waals surface area (Å²) in [5.74, 6) is -2.27. The molecule has 0 bridgehead atoms. The van der Waals surface area contributed by atoms with Gasteiger partial charge in [0.2, 0.25) is 0 Å². The van der Waals surface area contributed by atoms with Crippen LogP contribution >= 0.6 is 0 Å². The maximum atomic E-state index is 12.1. The van der Waals surface area contributed by atoms with Crippen molar-refractivity contribution in [2.75, 3.05) is 26.4 Å². The molecule has 0 spiro atoms. The number of hydrogen-bond donors (Lipinski definition) is 2. The van der Waals surface area contributed by atoms with Crippen LogP contribution in [-0.4, -0.2) is 67.8 Å². The number of esters is 2. The van der Waals surface area contributed by atoms with Crippen LogP contribution in [0.25, 0.3) is 0 Å². The lowest BCUT2D eigenvalue weighted by Crippen LogP contribution is -2.35. The van der Waals surface area contributed by atoms with Crippen molar-refractivity contribution >= 4 is 22.1 Å². The maximum Gasteiger partial charge on any atom is 0.327 e. The van der Waals surface area contributed by atoms with E-state index in [2.05, 4.69) is 25.7 Å². The number of carbonyl (C=O) groups excluding carboxylic acids is 2. The Kier molecular flexibility index (Phi) is 23.2. The highest BCUT2D eigenvalue weighted by Crippen LogP contribution is 2.12. The molecule has 222 valence electrons. The Balaban J connectivity index is 3.93.